The van der Waals surface area contributed by atoms with Gasteiger partial charge in [-0.05, 0) is 18.1 Å². The van der Waals surface area contributed by atoms with Gasteiger partial charge in [-0.3, -0.25) is 9.78 Å². The Morgan fingerprint density at radius 2 is 2.21 bits per heavy atom. The van der Waals surface area contributed by atoms with Crippen molar-refractivity contribution < 1.29 is 4.79 Å². The Morgan fingerprint density at radius 1 is 1.50 bits per heavy atom. The van der Waals surface area contributed by atoms with Gasteiger partial charge in [-0.15, -0.1) is 0 Å². The van der Waals surface area contributed by atoms with Crippen molar-refractivity contribution in [1.82, 2.24) is 10.3 Å². The number of nitrogens with zero attached hydrogens (tertiary/aromatic N) is 1. The van der Waals surface area contributed by atoms with E-state index in [-0.39, 0.29) is 5.91 Å². The van der Waals surface area contributed by atoms with Gasteiger partial charge < -0.3 is 5.32 Å². The normalized spacial score (nSPS) is 8.50. The lowest BCUT2D eigenvalue weighted by atomic mass is 10.1. The third-order valence-electron chi connectivity index (χ3n) is 1.64. The molecule has 0 bridgehead atoms. The zero-order valence-electron chi connectivity index (χ0n) is 9.08. The second-order valence-corrected chi connectivity index (χ2v) is 2.53. The number of carbonyl (C=O) groups is 1. The monoisotopic (exact) mass is 194 g/mol. The molecule has 0 aliphatic rings. The van der Waals surface area contributed by atoms with E-state index in [4.69, 9.17) is 0 Å². The molecule has 1 aromatic rings. The highest BCUT2D eigenvalue weighted by Crippen LogP contribution is 1.99. The maximum absolute atomic E-state index is 10.9. The molecule has 0 atom stereocenters. The van der Waals surface area contributed by atoms with Gasteiger partial charge >= 0.3 is 0 Å². The number of pyridine rings is 1. The van der Waals surface area contributed by atoms with Gasteiger partial charge in [0, 0.05) is 25.9 Å². The topological polar surface area (TPSA) is 42.0 Å². The first kappa shape index (κ1) is 12.6. The molecular formula is C11H18N2O. The summed E-state index contributed by atoms with van der Waals surface area (Å²) in [7, 11) is 1.64. The standard InChI is InChI=1S/C9H12N2O.C2H6/c1-10-9(12)5-4-8-3-2-6-11-7-8;1-2/h2-3,6-7H,4-5H2,1H3,(H,10,12);1-2H3. The number of hydrogen-bond donors (Lipinski definition) is 1. The zero-order valence-corrected chi connectivity index (χ0v) is 9.08. The number of carbonyl (C=O) groups excluding carboxylic acids is 1. The van der Waals surface area contributed by atoms with Crippen LogP contribution in [0.1, 0.15) is 25.8 Å². The number of nitrogens with one attached hydrogen (secondary N) is 1. The zero-order chi connectivity index (χ0) is 10.8. The number of rotatable bonds is 3. The summed E-state index contributed by atoms with van der Waals surface area (Å²) in [5, 5.41) is 2.58. The van der Waals surface area contributed by atoms with Crippen molar-refractivity contribution in [3.05, 3.63) is 30.1 Å². The van der Waals surface area contributed by atoms with Crippen molar-refractivity contribution in [2.24, 2.45) is 0 Å². The molecule has 1 rings (SSSR count). The molecule has 14 heavy (non-hydrogen) atoms. The van der Waals surface area contributed by atoms with Gasteiger partial charge in [-0.1, -0.05) is 19.9 Å². The average Bonchev–Trinajstić information content (AvgIpc) is 2.30. The van der Waals surface area contributed by atoms with Crippen molar-refractivity contribution in [1.29, 1.82) is 0 Å². The van der Waals surface area contributed by atoms with Crippen molar-refractivity contribution in [2.75, 3.05) is 7.05 Å². The minimum atomic E-state index is 0.0684. The molecule has 1 heterocycles. The fourth-order valence-electron chi connectivity index (χ4n) is 0.929. The molecule has 3 nitrogen and oxygen atoms in total. The van der Waals surface area contributed by atoms with E-state index in [1.807, 2.05) is 26.0 Å². The quantitative estimate of drug-likeness (QED) is 0.797. The van der Waals surface area contributed by atoms with Crippen molar-refractivity contribution in [3.63, 3.8) is 0 Å². The van der Waals surface area contributed by atoms with E-state index in [9.17, 15) is 4.79 Å². The molecule has 0 aliphatic carbocycles. The summed E-state index contributed by atoms with van der Waals surface area (Å²) in [5.41, 5.74) is 1.10. The van der Waals surface area contributed by atoms with E-state index >= 15 is 0 Å². The van der Waals surface area contributed by atoms with Crippen LogP contribution >= 0.6 is 0 Å². The van der Waals surface area contributed by atoms with Crippen LogP contribution in [0, 0.1) is 0 Å². The van der Waals surface area contributed by atoms with E-state index in [0.717, 1.165) is 12.0 Å². The van der Waals surface area contributed by atoms with Gasteiger partial charge in [-0.2, -0.15) is 0 Å². The largest absolute Gasteiger partial charge is 0.359 e. The summed E-state index contributed by atoms with van der Waals surface area (Å²) in [5.74, 6) is 0.0684. The van der Waals surface area contributed by atoms with Gasteiger partial charge in [0.15, 0.2) is 0 Å². The van der Waals surface area contributed by atoms with Crippen LogP contribution in [-0.4, -0.2) is 17.9 Å². The summed E-state index contributed by atoms with van der Waals surface area (Å²) >= 11 is 0. The average molecular weight is 194 g/mol. The molecule has 1 N–H and O–H groups in total. The molecule has 1 amide bonds. The molecule has 0 fully saturated rings. The molecule has 3 heteroatoms. The molecule has 0 unspecified atom stereocenters. The molecule has 0 aromatic carbocycles. The molecule has 0 radical (unpaired) electrons. The lowest BCUT2D eigenvalue weighted by molar-refractivity contribution is -0.120. The minimum Gasteiger partial charge on any atom is -0.359 e. The van der Waals surface area contributed by atoms with Crippen LogP contribution < -0.4 is 5.32 Å². The lowest BCUT2D eigenvalue weighted by Crippen LogP contribution is -2.17. The maximum Gasteiger partial charge on any atom is 0.220 e. The SMILES string of the molecule is CC.CNC(=O)CCc1cccnc1. The number of aryl methyl sites for hydroxylation is 1. The van der Waals surface area contributed by atoms with Crippen LogP contribution in [0.3, 0.4) is 0 Å². The van der Waals surface area contributed by atoms with Gasteiger partial charge in [0.05, 0.1) is 0 Å². The van der Waals surface area contributed by atoms with Crippen LogP contribution in [0.4, 0.5) is 0 Å². The Balaban J connectivity index is 0.000000791. The molecule has 0 saturated carbocycles. The Bertz CT molecular complexity index is 247. The highest BCUT2D eigenvalue weighted by atomic mass is 16.1. The van der Waals surface area contributed by atoms with E-state index in [2.05, 4.69) is 10.3 Å². The highest BCUT2D eigenvalue weighted by molar-refractivity contribution is 5.75. The molecule has 0 spiro atoms. The molecular weight excluding hydrogens is 176 g/mol. The summed E-state index contributed by atoms with van der Waals surface area (Å²) in [6.07, 6.45) is 4.79. The van der Waals surface area contributed by atoms with Crippen molar-refractivity contribution >= 4 is 5.91 Å². The Hall–Kier alpha value is -1.38. The smallest absolute Gasteiger partial charge is 0.220 e. The van der Waals surface area contributed by atoms with Crippen LogP contribution in [-0.2, 0) is 11.2 Å². The first-order valence-corrected chi connectivity index (χ1v) is 4.92. The summed E-state index contributed by atoms with van der Waals surface area (Å²) < 4.78 is 0. The third-order valence-corrected chi connectivity index (χ3v) is 1.64. The number of hydrogen-bond acceptors (Lipinski definition) is 2. The predicted molar refractivity (Wildman–Crippen MR) is 58.0 cm³/mol. The Labute approximate surface area is 85.6 Å². The lowest BCUT2D eigenvalue weighted by Gasteiger charge is -1.98. The van der Waals surface area contributed by atoms with E-state index in [1.54, 1.807) is 19.4 Å². The van der Waals surface area contributed by atoms with Gasteiger partial charge in [0.25, 0.3) is 0 Å². The summed E-state index contributed by atoms with van der Waals surface area (Å²) in [4.78, 5) is 14.8. The van der Waals surface area contributed by atoms with Gasteiger partial charge in [-0.25, -0.2) is 0 Å². The first-order chi connectivity index (χ1) is 6.83. The fraction of sp³-hybridized carbons (Fsp3) is 0.455. The second kappa shape index (κ2) is 8.23. The van der Waals surface area contributed by atoms with E-state index < -0.39 is 0 Å². The van der Waals surface area contributed by atoms with Crippen LogP contribution in [0.15, 0.2) is 24.5 Å². The summed E-state index contributed by atoms with van der Waals surface area (Å²) in [6, 6.07) is 3.84. The van der Waals surface area contributed by atoms with Crippen LogP contribution in [0.25, 0.3) is 0 Å². The Morgan fingerprint density at radius 3 is 2.71 bits per heavy atom. The second-order valence-electron chi connectivity index (χ2n) is 2.53. The van der Waals surface area contributed by atoms with Crippen molar-refractivity contribution in [2.45, 2.75) is 26.7 Å². The fourth-order valence-corrected chi connectivity index (χ4v) is 0.929. The van der Waals surface area contributed by atoms with Gasteiger partial charge in [0.2, 0.25) is 5.91 Å². The highest BCUT2D eigenvalue weighted by Gasteiger charge is 1.98. The van der Waals surface area contributed by atoms with E-state index in [0.29, 0.717) is 6.42 Å². The molecule has 78 valence electrons. The number of aromatic nitrogens is 1. The van der Waals surface area contributed by atoms with Gasteiger partial charge in [0.1, 0.15) is 0 Å². The predicted octanol–water partition coefficient (Wildman–Crippen LogP) is 1.79. The number of amides is 1. The minimum absolute atomic E-state index is 0.0684. The third kappa shape index (κ3) is 5.30. The van der Waals surface area contributed by atoms with Crippen LogP contribution in [0.2, 0.25) is 0 Å². The summed E-state index contributed by atoms with van der Waals surface area (Å²) in [6.45, 7) is 4.00. The maximum atomic E-state index is 10.9. The molecule has 0 aliphatic heterocycles. The van der Waals surface area contributed by atoms with E-state index in [1.165, 1.54) is 0 Å². The van der Waals surface area contributed by atoms with Crippen molar-refractivity contribution in [3.8, 4) is 0 Å². The first-order valence-electron chi connectivity index (χ1n) is 4.92. The Kier molecular flexibility index (Phi) is 7.42. The van der Waals surface area contributed by atoms with Crippen LogP contribution in [0.5, 0.6) is 0 Å². The molecule has 1 aromatic heterocycles. The molecule has 0 saturated heterocycles.